The Bertz CT molecular complexity index is 384. The van der Waals surface area contributed by atoms with Crippen molar-refractivity contribution in [1.29, 1.82) is 0 Å². The van der Waals surface area contributed by atoms with Crippen LogP contribution in [0.4, 0.5) is 5.69 Å². The number of halogens is 1. The van der Waals surface area contributed by atoms with Crippen molar-refractivity contribution in [2.45, 2.75) is 19.4 Å². The van der Waals surface area contributed by atoms with Gasteiger partial charge >= 0.3 is 0 Å². The van der Waals surface area contributed by atoms with Crippen LogP contribution in [-0.2, 0) is 11.2 Å². The topological polar surface area (TPSA) is 38.5 Å². The number of benzene rings is 1. The Balaban J connectivity index is 2.27. The minimum Gasteiger partial charge on any atom is -0.375 e. The summed E-state index contributed by atoms with van der Waals surface area (Å²) in [6.45, 7) is 5.33. The average molecular weight is 255 g/mol. The molecule has 0 aromatic heterocycles. The number of ether oxygens (including phenoxy) is 1. The van der Waals surface area contributed by atoms with E-state index in [2.05, 4.69) is 17.9 Å². The summed E-state index contributed by atoms with van der Waals surface area (Å²) in [5.41, 5.74) is 8.02. The van der Waals surface area contributed by atoms with Gasteiger partial charge in [0.05, 0.1) is 12.7 Å². The van der Waals surface area contributed by atoms with Crippen LogP contribution in [0.3, 0.4) is 0 Å². The molecule has 1 aliphatic heterocycles. The fourth-order valence-electron chi connectivity index (χ4n) is 2.27. The summed E-state index contributed by atoms with van der Waals surface area (Å²) in [5.74, 6) is 0. The van der Waals surface area contributed by atoms with E-state index in [4.69, 9.17) is 22.1 Å². The highest BCUT2D eigenvalue weighted by Crippen LogP contribution is 2.29. The zero-order valence-corrected chi connectivity index (χ0v) is 10.9. The molecular weight excluding hydrogens is 236 g/mol. The molecule has 0 radical (unpaired) electrons. The zero-order valence-electron chi connectivity index (χ0n) is 10.2. The van der Waals surface area contributed by atoms with Crippen LogP contribution in [0.1, 0.15) is 12.5 Å². The standard InChI is InChI=1S/C13H19ClN2O/c1-10-9-16(7-8-17-10)13-4-2-3-12(14)11(13)5-6-15/h2-4,10H,5-9,15H2,1H3. The Morgan fingerprint density at radius 3 is 3.06 bits per heavy atom. The lowest BCUT2D eigenvalue weighted by Gasteiger charge is -2.34. The molecule has 4 heteroatoms. The van der Waals surface area contributed by atoms with Crippen molar-refractivity contribution >= 4 is 17.3 Å². The molecule has 1 aliphatic rings. The SMILES string of the molecule is CC1CN(c2cccc(Cl)c2CCN)CCO1. The highest BCUT2D eigenvalue weighted by atomic mass is 35.5. The van der Waals surface area contributed by atoms with Crippen LogP contribution in [0.25, 0.3) is 0 Å². The van der Waals surface area contributed by atoms with Crippen LogP contribution in [0.15, 0.2) is 18.2 Å². The van der Waals surface area contributed by atoms with Gasteiger partial charge in [-0.1, -0.05) is 17.7 Å². The molecule has 0 aliphatic carbocycles. The Kier molecular flexibility index (Phi) is 4.26. The summed E-state index contributed by atoms with van der Waals surface area (Å²) in [6.07, 6.45) is 1.09. The molecule has 0 spiro atoms. The number of nitrogens with two attached hydrogens (primary N) is 1. The van der Waals surface area contributed by atoms with Crippen LogP contribution >= 0.6 is 11.6 Å². The van der Waals surface area contributed by atoms with E-state index < -0.39 is 0 Å². The van der Waals surface area contributed by atoms with E-state index >= 15 is 0 Å². The zero-order chi connectivity index (χ0) is 12.3. The molecule has 2 rings (SSSR count). The molecule has 0 bridgehead atoms. The van der Waals surface area contributed by atoms with Gasteiger partial charge in [0.25, 0.3) is 0 Å². The number of hydrogen-bond donors (Lipinski definition) is 1. The normalized spacial score (nSPS) is 20.6. The van der Waals surface area contributed by atoms with E-state index in [-0.39, 0.29) is 6.10 Å². The maximum Gasteiger partial charge on any atom is 0.0722 e. The van der Waals surface area contributed by atoms with Crippen molar-refractivity contribution in [2.24, 2.45) is 5.73 Å². The summed E-state index contributed by atoms with van der Waals surface area (Å²) >= 11 is 6.25. The second kappa shape index (κ2) is 5.71. The number of hydrogen-bond acceptors (Lipinski definition) is 3. The predicted octanol–water partition coefficient (Wildman–Crippen LogP) is 2.07. The smallest absolute Gasteiger partial charge is 0.0722 e. The van der Waals surface area contributed by atoms with Gasteiger partial charge in [-0.3, -0.25) is 0 Å². The first-order chi connectivity index (χ1) is 8.22. The molecule has 2 N–H and O–H groups in total. The largest absolute Gasteiger partial charge is 0.375 e. The summed E-state index contributed by atoms with van der Waals surface area (Å²) < 4.78 is 5.56. The van der Waals surface area contributed by atoms with E-state index in [0.29, 0.717) is 6.54 Å². The van der Waals surface area contributed by atoms with Gasteiger partial charge in [-0.05, 0) is 37.6 Å². The molecular formula is C13H19ClN2O. The van der Waals surface area contributed by atoms with Crippen molar-refractivity contribution < 1.29 is 4.74 Å². The minimum atomic E-state index is 0.272. The highest BCUT2D eigenvalue weighted by molar-refractivity contribution is 6.31. The van der Waals surface area contributed by atoms with Gasteiger partial charge in [-0.25, -0.2) is 0 Å². The van der Waals surface area contributed by atoms with Gasteiger partial charge in [0.2, 0.25) is 0 Å². The first-order valence-electron chi connectivity index (χ1n) is 6.06. The summed E-state index contributed by atoms with van der Waals surface area (Å²) in [6, 6.07) is 6.05. The summed E-state index contributed by atoms with van der Waals surface area (Å²) in [7, 11) is 0. The van der Waals surface area contributed by atoms with Crippen molar-refractivity contribution in [3.05, 3.63) is 28.8 Å². The molecule has 1 heterocycles. The van der Waals surface area contributed by atoms with E-state index in [1.54, 1.807) is 0 Å². The molecule has 1 unspecified atom stereocenters. The Morgan fingerprint density at radius 2 is 2.35 bits per heavy atom. The first kappa shape index (κ1) is 12.7. The predicted molar refractivity (Wildman–Crippen MR) is 71.8 cm³/mol. The molecule has 0 amide bonds. The molecule has 1 aromatic rings. The molecule has 1 saturated heterocycles. The van der Waals surface area contributed by atoms with Crippen LogP contribution in [0.5, 0.6) is 0 Å². The molecule has 94 valence electrons. The second-order valence-corrected chi connectivity index (χ2v) is 4.81. The van der Waals surface area contributed by atoms with Crippen molar-refractivity contribution in [1.82, 2.24) is 0 Å². The summed E-state index contributed by atoms with van der Waals surface area (Å²) in [5, 5.41) is 0.812. The lowest BCUT2D eigenvalue weighted by Crippen LogP contribution is -2.41. The second-order valence-electron chi connectivity index (χ2n) is 4.40. The third-order valence-electron chi connectivity index (χ3n) is 3.07. The fourth-order valence-corrected chi connectivity index (χ4v) is 2.54. The number of rotatable bonds is 3. The summed E-state index contributed by atoms with van der Waals surface area (Å²) in [4.78, 5) is 2.34. The van der Waals surface area contributed by atoms with E-state index in [1.807, 2.05) is 12.1 Å². The van der Waals surface area contributed by atoms with Crippen LogP contribution in [0, 0.1) is 0 Å². The van der Waals surface area contributed by atoms with Gasteiger partial charge in [-0.2, -0.15) is 0 Å². The van der Waals surface area contributed by atoms with Gasteiger partial charge in [0, 0.05) is 23.8 Å². The first-order valence-corrected chi connectivity index (χ1v) is 6.44. The third-order valence-corrected chi connectivity index (χ3v) is 3.42. The number of nitrogens with zero attached hydrogens (tertiary/aromatic N) is 1. The lowest BCUT2D eigenvalue weighted by molar-refractivity contribution is 0.0532. The highest BCUT2D eigenvalue weighted by Gasteiger charge is 2.19. The Labute approximate surface area is 107 Å². The Hall–Kier alpha value is -0.770. The van der Waals surface area contributed by atoms with Crippen LogP contribution in [-0.4, -0.2) is 32.3 Å². The third kappa shape index (κ3) is 2.92. The molecule has 0 saturated carbocycles. The lowest BCUT2D eigenvalue weighted by atomic mass is 10.1. The monoisotopic (exact) mass is 254 g/mol. The van der Waals surface area contributed by atoms with E-state index in [1.165, 1.54) is 5.69 Å². The number of anilines is 1. The van der Waals surface area contributed by atoms with Gasteiger partial charge in [0.1, 0.15) is 0 Å². The molecule has 1 atom stereocenters. The van der Waals surface area contributed by atoms with Crippen molar-refractivity contribution in [3.8, 4) is 0 Å². The van der Waals surface area contributed by atoms with E-state index in [9.17, 15) is 0 Å². The quantitative estimate of drug-likeness (QED) is 0.898. The van der Waals surface area contributed by atoms with Gasteiger partial charge in [0.15, 0.2) is 0 Å². The average Bonchev–Trinajstić information content (AvgIpc) is 2.32. The molecule has 17 heavy (non-hydrogen) atoms. The molecule has 1 fully saturated rings. The maximum atomic E-state index is 6.25. The van der Waals surface area contributed by atoms with Crippen molar-refractivity contribution in [2.75, 3.05) is 31.1 Å². The van der Waals surface area contributed by atoms with Crippen LogP contribution in [0.2, 0.25) is 5.02 Å². The van der Waals surface area contributed by atoms with E-state index in [0.717, 1.165) is 36.7 Å². The molecule has 1 aromatic carbocycles. The minimum absolute atomic E-state index is 0.272. The fraction of sp³-hybridized carbons (Fsp3) is 0.538. The maximum absolute atomic E-state index is 6.25. The number of morpholine rings is 1. The van der Waals surface area contributed by atoms with Gasteiger partial charge in [-0.15, -0.1) is 0 Å². The van der Waals surface area contributed by atoms with Crippen molar-refractivity contribution in [3.63, 3.8) is 0 Å². The van der Waals surface area contributed by atoms with Crippen LogP contribution < -0.4 is 10.6 Å². The Morgan fingerprint density at radius 1 is 1.53 bits per heavy atom. The van der Waals surface area contributed by atoms with Gasteiger partial charge < -0.3 is 15.4 Å². The molecule has 3 nitrogen and oxygen atoms in total.